The van der Waals surface area contributed by atoms with Crippen LogP contribution in [0.15, 0.2) is 87.0 Å². The van der Waals surface area contributed by atoms with Crippen LogP contribution in [0.4, 0.5) is 4.39 Å². The summed E-state index contributed by atoms with van der Waals surface area (Å²) in [6, 6.07) is 19.0. The summed E-state index contributed by atoms with van der Waals surface area (Å²) in [5.41, 5.74) is 1.06. The summed E-state index contributed by atoms with van der Waals surface area (Å²) >= 11 is 3.31. The highest BCUT2D eigenvalue weighted by atomic mass is 79.9. The number of sulfonamides is 1. The topological polar surface area (TPSA) is 79.5 Å². The lowest BCUT2D eigenvalue weighted by Gasteiger charge is -2.23. The van der Waals surface area contributed by atoms with Gasteiger partial charge in [-0.3, -0.25) is 4.79 Å². The maximum Gasteiger partial charge on any atom is 0.252 e. The Bertz CT molecular complexity index is 1470. The van der Waals surface area contributed by atoms with Crippen molar-refractivity contribution >= 4 is 36.9 Å². The molecule has 1 heterocycles. The summed E-state index contributed by atoms with van der Waals surface area (Å²) in [5, 5.41) is 0.741. The molecule has 170 valence electrons. The smallest absolute Gasteiger partial charge is 0.252 e. The second kappa shape index (κ2) is 9.46. The van der Waals surface area contributed by atoms with E-state index in [0.29, 0.717) is 21.3 Å². The Labute approximate surface area is 198 Å². The van der Waals surface area contributed by atoms with Gasteiger partial charge in [-0.15, -0.1) is 0 Å². The third kappa shape index (κ3) is 5.00. The SMILES string of the molecule is COc1ccc2cc(CN(Cc3ccc(F)cc3)S(=O)(=O)c3ccccc3Br)c(=O)[nH]c2c1. The van der Waals surface area contributed by atoms with Crippen molar-refractivity contribution in [1.82, 2.24) is 9.29 Å². The summed E-state index contributed by atoms with van der Waals surface area (Å²) in [4.78, 5) is 15.7. The molecule has 9 heteroatoms. The molecule has 0 aliphatic carbocycles. The van der Waals surface area contributed by atoms with E-state index in [1.807, 2.05) is 0 Å². The highest BCUT2D eigenvalue weighted by Crippen LogP contribution is 2.27. The van der Waals surface area contributed by atoms with Gasteiger partial charge >= 0.3 is 0 Å². The van der Waals surface area contributed by atoms with Gasteiger partial charge in [0.05, 0.1) is 17.5 Å². The van der Waals surface area contributed by atoms with Gasteiger partial charge in [0.25, 0.3) is 5.56 Å². The quantitative estimate of drug-likeness (QED) is 0.371. The molecule has 0 aliphatic heterocycles. The van der Waals surface area contributed by atoms with E-state index in [1.54, 1.807) is 42.5 Å². The Morgan fingerprint density at radius 2 is 1.73 bits per heavy atom. The molecule has 0 aliphatic rings. The fourth-order valence-electron chi connectivity index (χ4n) is 3.47. The van der Waals surface area contributed by atoms with E-state index in [2.05, 4.69) is 20.9 Å². The molecule has 33 heavy (non-hydrogen) atoms. The minimum absolute atomic E-state index is 0.0377. The van der Waals surface area contributed by atoms with Gasteiger partial charge in [-0.1, -0.05) is 24.3 Å². The largest absolute Gasteiger partial charge is 0.497 e. The molecule has 3 aromatic carbocycles. The molecule has 4 rings (SSSR count). The average Bonchev–Trinajstić information content (AvgIpc) is 2.80. The molecule has 0 radical (unpaired) electrons. The number of aromatic amines is 1. The van der Waals surface area contributed by atoms with Crippen molar-refractivity contribution in [2.45, 2.75) is 18.0 Å². The normalized spacial score (nSPS) is 11.8. The van der Waals surface area contributed by atoms with Gasteiger partial charge in [0.1, 0.15) is 11.6 Å². The van der Waals surface area contributed by atoms with Crippen molar-refractivity contribution in [2.24, 2.45) is 0 Å². The Morgan fingerprint density at radius 1 is 1.00 bits per heavy atom. The third-order valence-electron chi connectivity index (χ3n) is 5.20. The molecule has 6 nitrogen and oxygen atoms in total. The highest BCUT2D eigenvalue weighted by Gasteiger charge is 2.27. The van der Waals surface area contributed by atoms with Crippen LogP contribution < -0.4 is 10.3 Å². The number of nitrogens with zero attached hydrogens (tertiary/aromatic N) is 1. The lowest BCUT2D eigenvalue weighted by atomic mass is 10.1. The minimum atomic E-state index is -4.00. The standard InChI is InChI=1S/C24H20BrFN2O4S/c1-32-20-11-8-17-12-18(24(29)27-22(17)13-20)15-28(14-16-6-9-19(26)10-7-16)33(30,31)23-5-3-2-4-21(23)25/h2-13H,14-15H2,1H3,(H,27,29). The van der Waals surface area contributed by atoms with Crippen LogP contribution in [0, 0.1) is 5.82 Å². The van der Waals surface area contributed by atoms with E-state index in [1.165, 1.54) is 41.7 Å². The van der Waals surface area contributed by atoms with Crippen LogP contribution >= 0.6 is 15.9 Å². The van der Waals surface area contributed by atoms with Crippen molar-refractivity contribution in [2.75, 3.05) is 7.11 Å². The van der Waals surface area contributed by atoms with Crippen molar-refractivity contribution in [3.05, 3.63) is 105 Å². The van der Waals surface area contributed by atoms with Gasteiger partial charge < -0.3 is 9.72 Å². The van der Waals surface area contributed by atoms with Crippen molar-refractivity contribution < 1.29 is 17.5 Å². The van der Waals surface area contributed by atoms with Crippen LogP contribution in [0.2, 0.25) is 0 Å². The number of ether oxygens (including phenoxy) is 1. The predicted molar refractivity (Wildman–Crippen MR) is 128 cm³/mol. The summed E-state index contributed by atoms with van der Waals surface area (Å²) in [6.45, 7) is -0.206. The van der Waals surface area contributed by atoms with Crippen LogP contribution in [-0.2, 0) is 23.1 Å². The third-order valence-corrected chi connectivity index (χ3v) is 8.01. The molecule has 4 aromatic rings. The number of rotatable bonds is 7. The van der Waals surface area contributed by atoms with Gasteiger partial charge in [-0.25, -0.2) is 12.8 Å². The molecule has 0 saturated carbocycles. The summed E-state index contributed by atoms with van der Waals surface area (Å²) < 4.78 is 47.4. The zero-order chi connectivity index (χ0) is 23.6. The van der Waals surface area contributed by atoms with Gasteiger partial charge in [-0.05, 0) is 69.3 Å². The van der Waals surface area contributed by atoms with E-state index in [4.69, 9.17) is 4.74 Å². The minimum Gasteiger partial charge on any atom is -0.497 e. The average molecular weight is 531 g/mol. The monoisotopic (exact) mass is 530 g/mol. The van der Waals surface area contributed by atoms with Gasteiger partial charge in [0, 0.05) is 29.2 Å². The highest BCUT2D eigenvalue weighted by molar-refractivity contribution is 9.10. The number of hydrogen-bond donors (Lipinski definition) is 1. The first-order chi connectivity index (χ1) is 15.8. The Hall–Kier alpha value is -3.01. The van der Waals surface area contributed by atoms with E-state index in [0.717, 1.165) is 5.39 Å². The maximum atomic E-state index is 13.6. The van der Waals surface area contributed by atoms with Gasteiger partial charge in [0.15, 0.2) is 0 Å². The second-order valence-electron chi connectivity index (χ2n) is 7.41. The van der Waals surface area contributed by atoms with E-state index >= 15 is 0 Å². The number of aromatic nitrogens is 1. The zero-order valence-corrected chi connectivity index (χ0v) is 20.0. The van der Waals surface area contributed by atoms with Crippen LogP contribution in [0.1, 0.15) is 11.1 Å². The summed E-state index contributed by atoms with van der Waals surface area (Å²) in [5.74, 6) is 0.181. The van der Waals surface area contributed by atoms with E-state index < -0.39 is 21.4 Å². The lowest BCUT2D eigenvalue weighted by Crippen LogP contribution is -2.32. The molecular weight excluding hydrogens is 511 g/mol. The van der Waals surface area contributed by atoms with E-state index in [-0.39, 0.29) is 23.5 Å². The fourth-order valence-corrected chi connectivity index (χ4v) is 5.84. The molecule has 0 fully saturated rings. The first kappa shape index (κ1) is 23.2. The number of benzene rings is 3. The first-order valence-corrected chi connectivity index (χ1v) is 12.2. The zero-order valence-electron chi connectivity index (χ0n) is 17.6. The number of halogens is 2. The van der Waals surface area contributed by atoms with Crippen LogP contribution in [0.25, 0.3) is 10.9 Å². The van der Waals surface area contributed by atoms with E-state index in [9.17, 15) is 17.6 Å². The lowest BCUT2D eigenvalue weighted by molar-refractivity contribution is 0.399. The molecule has 0 spiro atoms. The number of nitrogens with one attached hydrogen (secondary N) is 1. The molecule has 1 aromatic heterocycles. The van der Waals surface area contributed by atoms with Crippen molar-refractivity contribution in [3.8, 4) is 5.75 Å². The first-order valence-electron chi connectivity index (χ1n) is 9.97. The Balaban J connectivity index is 1.78. The van der Waals surface area contributed by atoms with Crippen molar-refractivity contribution in [1.29, 1.82) is 0 Å². The number of pyridine rings is 1. The number of H-pyrrole nitrogens is 1. The Morgan fingerprint density at radius 3 is 2.42 bits per heavy atom. The molecule has 0 atom stereocenters. The van der Waals surface area contributed by atoms with Crippen LogP contribution in [0.3, 0.4) is 0 Å². The molecule has 0 saturated heterocycles. The molecule has 0 amide bonds. The van der Waals surface area contributed by atoms with Crippen molar-refractivity contribution in [3.63, 3.8) is 0 Å². The fraction of sp³-hybridized carbons (Fsp3) is 0.125. The van der Waals surface area contributed by atoms with Crippen LogP contribution in [-0.4, -0.2) is 24.8 Å². The summed E-state index contributed by atoms with van der Waals surface area (Å²) in [6.07, 6.45) is 0. The van der Waals surface area contributed by atoms with Crippen LogP contribution in [0.5, 0.6) is 5.75 Å². The summed E-state index contributed by atoms with van der Waals surface area (Å²) in [7, 11) is -2.46. The molecule has 0 bridgehead atoms. The molecule has 0 unspecified atom stereocenters. The second-order valence-corrected chi connectivity index (χ2v) is 10.2. The van der Waals surface area contributed by atoms with Gasteiger partial charge in [-0.2, -0.15) is 4.31 Å². The predicted octanol–water partition coefficient (Wildman–Crippen LogP) is 4.83. The molecule has 1 N–H and O–H groups in total. The number of methoxy groups -OCH3 is 1. The molecular formula is C24H20BrFN2O4S. The number of hydrogen-bond acceptors (Lipinski definition) is 4. The van der Waals surface area contributed by atoms with Gasteiger partial charge in [0.2, 0.25) is 10.0 Å². The Kier molecular flexibility index (Phi) is 6.64. The number of fused-ring (bicyclic) bond motifs is 1. The maximum absolute atomic E-state index is 13.6.